The number of benzene rings is 1. The average molecular weight is 330 g/mol. The Hall–Kier alpha value is -2.18. The molecule has 1 aromatic carbocycles. The van der Waals surface area contributed by atoms with Gasteiger partial charge in [-0.1, -0.05) is 30.3 Å². The predicted molar refractivity (Wildman–Crippen MR) is 93.4 cm³/mol. The maximum absolute atomic E-state index is 12.2. The van der Waals surface area contributed by atoms with Gasteiger partial charge in [0.25, 0.3) is 0 Å². The number of aromatic nitrogens is 2. The molecule has 3 N–H and O–H groups in total. The van der Waals surface area contributed by atoms with Gasteiger partial charge < -0.3 is 15.7 Å². The van der Waals surface area contributed by atoms with E-state index in [-0.39, 0.29) is 18.6 Å². The van der Waals surface area contributed by atoms with E-state index in [9.17, 15) is 4.79 Å². The van der Waals surface area contributed by atoms with E-state index >= 15 is 0 Å². The predicted octanol–water partition coefficient (Wildman–Crippen LogP) is 1.29. The van der Waals surface area contributed by atoms with Crippen LogP contribution < -0.4 is 10.6 Å². The van der Waals surface area contributed by atoms with Crippen molar-refractivity contribution in [2.45, 2.75) is 46.4 Å². The minimum Gasteiger partial charge on any atom is -0.394 e. The average Bonchev–Trinajstić information content (AvgIpc) is 2.85. The topological polar surface area (TPSA) is 79.2 Å². The lowest BCUT2D eigenvalue weighted by Gasteiger charge is -2.14. The third-order valence-electron chi connectivity index (χ3n) is 4.13. The van der Waals surface area contributed by atoms with E-state index in [1.165, 1.54) is 0 Å². The summed E-state index contributed by atoms with van der Waals surface area (Å²) in [6.07, 6.45) is 0. The van der Waals surface area contributed by atoms with Crippen LogP contribution in [-0.2, 0) is 24.4 Å². The second-order valence-corrected chi connectivity index (χ2v) is 5.90. The molecule has 0 bridgehead atoms. The highest BCUT2D eigenvalue weighted by molar-refractivity contribution is 5.81. The lowest BCUT2D eigenvalue weighted by molar-refractivity contribution is -0.122. The van der Waals surface area contributed by atoms with Gasteiger partial charge in [0.1, 0.15) is 0 Å². The monoisotopic (exact) mass is 330 g/mol. The van der Waals surface area contributed by atoms with Gasteiger partial charge in [-0.3, -0.25) is 9.48 Å². The minimum atomic E-state index is -0.297. The summed E-state index contributed by atoms with van der Waals surface area (Å²) in [5, 5.41) is 19.7. The molecule has 0 saturated heterocycles. The van der Waals surface area contributed by atoms with Crippen molar-refractivity contribution in [3.05, 3.63) is 52.8 Å². The van der Waals surface area contributed by atoms with Crippen LogP contribution in [0.15, 0.2) is 30.3 Å². The van der Waals surface area contributed by atoms with E-state index in [1.54, 1.807) is 4.68 Å². The van der Waals surface area contributed by atoms with Crippen molar-refractivity contribution in [2.24, 2.45) is 0 Å². The van der Waals surface area contributed by atoms with Crippen LogP contribution in [0.1, 0.15) is 29.4 Å². The standard InChI is InChI=1S/C18H26N4O2/c1-13-17(15(3)22(21-13)9-10-23)12-19-14(2)18(24)20-11-16-7-5-4-6-8-16/h4-8,14,19,23H,9-12H2,1-3H3,(H,20,24). The summed E-state index contributed by atoms with van der Waals surface area (Å²) in [6, 6.07) is 9.55. The highest BCUT2D eigenvalue weighted by Crippen LogP contribution is 2.12. The van der Waals surface area contributed by atoms with Gasteiger partial charge in [0, 0.05) is 24.3 Å². The number of carbonyl (C=O) groups is 1. The van der Waals surface area contributed by atoms with Gasteiger partial charge in [-0.15, -0.1) is 0 Å². The van der Waals surface area contributed by atoms with Crippen molar-refractivity contribution in [3.63, 3.8) is 0 Å². The molecule has 1 atom stereocenters. The fraction of sp³-hybridized carbons (Fsp3) is 0.444. The third-order valence-corrected chi connectivity index (χ3v) is 4.13. The fourth-order valence-corrected chi connectivity index (χ4v) is 2.59. The SMILES string of the molecule is Cc1nn(CCO)c(C)c1CNC(C)C(=O)NCc1ccccc1. The molecule has 0 fully saturated rings. The second-order valence-electron chi connectivity index (χ2n) is 5.90. The second kappa shape index (κ2) is 8.61. The number of nitrogens with zero attached hydrogens (tertiary/aromatic N) is 2. The van der Waals surface area contributed by atoms with Gasteiger partial charge in [-0.25, -0.2) is 0 Å². The first-order valence-corrected chi connectivity index (χ1v) is 8.21. The molecule has 1 aromatic heterocycles. The summed E-state index contributed by atoms with van der Waals surface area (Å²) in [7, 11) is 0. The molecule has 6 nitrogen and oxygen atoms in total. The van der Waals surface area contributed by atoms with Crippen LogP contribution in [0, 0.1) is 13.8 Å². The van der Waals surface area contributed by atoms with Crippen LogP contribution in [0.2, 0.25) is 0 Å². The normalized spacial score (nSPS) is 12.2. The van der Waals surface area contributed by atoms with Crippen molar-refractivity contribution >= 4 is 5.91 Å². The molecule has 0 spiro atoms. The van der Waals surface area contributed by atoms with Crippen molar-refractivity contribution in [3.8, 4) is 0 Å². The number of aliphatic hydroxyl groups is 1. The largest absolute Gasteiger partial charge is 0.394 e. The molecule has 1 heterocycles. The first kappa shape index (κ1) is 18.2. The van der Waals surface area contributed by atoms with Crippen LogP contribution >= 0.6 is 0 Å². The fourth-order valence-electron chi connectivity index (χ4n) is 2.59. The lowest BCUT2D eigenvalue weighted by Crippen LogP contribution is -2.41. The Kier molecular flexibility index (Phi) is 6.52. The molecule has 6 heteroatoms. The molecule has 24 heavy (non-hydrogen) atoms. The maximum Gasteiger partial charge on any atom is 0.237 e. The first-order chi connectivity index (χ1) is 11.5. The van der Waals surface area contributed by atoms with Gasteiger partial charge in [0.2, 0.25) is 5.91 Å². The zero-order valence-corrected chi connectivity index (χ0v) is 14.5. The molecular weight excluding hydrogens is 304 g/mol. The van der Waals surface area contributed by atoms with Crippen molar-refractivity contribution in [1.82, 2.24) is 20.4 Å². The number of hydrogen-bond acceptors (Lipinski definition) is 4. The molecule has 1 unspecified atom stereocenters. The molecule has 0 saturated carbocycles. The Morgan fingerprint density at radius 1 is 1.25 bits per heavy atom. The number of carbonyl (C=O) groups excluding carboxylic acids is 1. The van der Waals surface area contributed by atoms with Gasteiger partial charge in [-0.2, -0.15) is 5.10 Å². The quantitative estimate of drug-likeness (QED) is 0.681. The molecule has 2 aromatic rings. The van der Waals surface area contributed by atoms with E-state index in [0.29, 0.717) is 19.6 Å². The Morgan fingerprint density at radius 2 is 1.96 bits per heavy atom. The molecule has 0 aliphatic carbocycles. The Morgan fingerprint density at radius 3 is 2.62 bits per heavy atom. The number of amides is 1. The molecule has 0 radical (unpaired) electrons. The van der Waals surface area contributed by atoms with Gasteiger partial charge >= 0.3 is 0 Å². The first-order valence-electron chi connectivity index (χ1n) is 8.21. The van der Waals surface area contributed by atoms with E-state index < -0.39 is 0 Å². The van der Waals surface area contributed by atoms with E-state index in [1.807, 2.05) is 51.1 Å². The van der Waals surface area contributed by atoms with Crippen LogP contribution in [-0.4, -0.2) is 33.4 Å². The zero-order chi connectivity index (χ0) is 17.5. The summed E-state index contributed by atoms with van der Waals surface area (Å²) in [6.45, 7) is 7.42. The van der Waals surface area contributed by atoms with Gasteiger partial charge in [-0.05, 0) is 26.3 Å². The number of rotatable bonds is 8. The summed E-state index contributed by atoms with van der Waals surface area (Å²) >= 11 is 0. The summed E-state index contributed by atoms with van der Waals surface area (Å²) < 4.78 is 1.80. The van der Waals surface area contributed by atoms with Crippen LogP contribution in [0.4, 0.5) is 0 Å². The number of hydrogen-bond donors (Lipinski definition) is 3. The Balaban J connectivity index is 1.86. The maximum atomic E-state index is 12.2. The molecule has 130 valence electrons. The molecular formula is C18H26N4O2. The molecule has 0 aliphatic rings. The summed E-state index contributed by atoms with van der Waals surface area (Å²) in [4.78, 5) is 12.2. The van der Waals surface area contributed by atoms with Gasteiger partial charge in [0.15, 0.2) is 0 Å². The van der Waals surface area contributed by atoms with Crippen LogP contribution in [0.3, 0.4) is 0 Å². The minimum absolute atomic E-state index is 0.0306. The highest BCUT2D eigenvalue weighted by Gasteiger charge is 2.15. The summed E-state index contributed by atoms with van der Waals surface area (Å²) in [5.74, 6) is -0.0306. The zero-order valence-electron chi connectivity index (χ0n) is 14.5. The van der Waals surface area contributed by atoms with E-state index in [2.05, 4.69) is 15.7 Å². The number of aliphatic hydroxyl groups excluding tert-OH is 1. The van der Waals surface area contributed by atoms with Crippen LogP contribution in [0.25, 0.3) is 0 Å². The van der Waals surface area contributed by atoms with Crippen LogP contribution in [0.5, 0.6) is 0 Å². The van der Waals surface area contributed by atoms with E-state index in [0.717, 1.165) is 22.5 Å². The smallest absolute Gasteiger partial charge is 0.237 e. The van der Waals surface area contributed by atoms with Crippen molar-refractivity contribution in [2.75, 3.05) is 6.61 Å². The highest BCUT2D eigenvalue weighted by atomic mass is 16.3. The molecule has 2 rings (SSSR count). The number of aryl methyl sites for hydroxylation is 1. The Bertz CT molecular complexity index is 667. The van der Waals surface area contributed by atoms with Crippen molar-refractivity contribution < 1.29 is 9.90 Å². The molecule has 0 aliphatic heterocycles. The lowest BCUT2D eigenvalue weighted by atomic mass is 10.2. The van der Waals surface area contributed by atoms with E-state index in [4.69, 9.17) is 5.11 Å². The van der Waals surface area contributed by atoms with Gasteiger partial charge in [0.05, 0.1) is 24.9 Å². The number of nitrogens with one attached hydrogen (secondary N) is 2. The molecule has 1 amide bonds. The summed E-state index contributed by atoms with van der Waals surface area (Å²) in [5.41, 5.74) is 4.09. The Labute approximate surface area is 142 Å². The third kappa shape index (κ3) is 4.66. The van der Waals surface area contributed by atoms with Crippen molar-refractivity contribution in [1.29, 1.82) is 0 Å².